The van der Waals surface area contributed by atoms with Crippen molar-refractivity contribution in [3.05, 3.63) is 71.9 Å². The number of carbonyl (C=O) groups is 1. The van der Waals surface area contributed by atoms with Gasteiger partial charge in [-0.3, -0.25) is 14.2 Å². The summed E-state index contributed by atoms with van der Waals surface area (Å²) in [6.07, 6.45) is 8.54. The number of halogens is 2. The van der Waals surface area contributed by atoms with Crippen LogP contribution in [0.5, 0.6) is 0 Å². The Balaban J connectivity index is 1.59. The summed E-state index contributed by atoms with van der Waals surface area (Å²) in [7, 11) is 1.57. The quantitative estimate of drug-likeness (QED) is 0.390. The number of amides is 1. The minimum absolute atomic E-state index is 0.218. The molecular weight excluding hydrogens is 466 g/mol. The third-order valence-corrected chi connectivity index (χ3v) is 6.63. The van der Waals surface area contributed by atoms with Crippen molar-refractivity contribution >= 4 is 23.1 Å². The summed E-state index contributed by atoms with van der Waals surface area (Å²) < 4.78 is 29.3. The average Bonchev–Trinajstić information content (AvgIpc) is 3.29. The van der Waals surface area contributed by atoms with Gasteiger partial charge in [0.15, 0.2) is 23.1 Å². The molecule has 5 rings (SSSR count). The maximum atomic E-state index is 14.0. The number of nitrogens with one attached hydrogen (secondary N) is 1. The first-order chi connectivity index (χ1) is 17.3. The number of anilines is 2. The van der Waals surface area contributed by atoms with Gasteiger partial charge in [0.25, 0.3) is 0 Å². The van der Waals surface area contributed by atoms with Crippen LogP contribution >= 0.6 is 0 Å². The Morgan fingerprint density at radius 3 is 2.78 bits per heavy atom. The van der Waals surface area contributed by atoms with Crippen LogP contribution in [0.1, 0.15) is 24.1 Å². The largest absolute Gasteiger partial charge is 0.381 e. The van der Waals surface area contributed by atoms with Crippen LogP contribution in [0.2, 0.25) is 0 Å². The highest BCUT2D eigenvalue weighted by Crippen LogP contribution is 2.32. The molecule has 1 fully saturated rings. The molecule has 0 aliphatic carbocycles. The molecule has 1 atom stereocenters. The van der Waals surface area contributed by atoms with Crippen molar-refractivity contribution in [2.75, 3.05) is 30.8 Å². The maximum Gasteiger partial charge on any atom is 0.241 e. The average molecular weight is 493 g/mol. The molecule has 186 valence electrons. The molecule has 1 aromatic carbocycles. The zero-order valence-corrected chi connectivity index (χ0v) is 19.7. The number of carbonyl (C=O) groups excluding carboxylic acids is 1. The summed E-state index contributed by atoms with van der Waals surface area (Å²) in [6, 6.07) is 5.54. The Morgan fingerprint density at radius 1 is 1.17 bits per heavy atom. The van der Waals surface area contributed by atoms with Gasteiger partial charge in [0.05, 0.1) is 17.6 Å². The topological polar surface area (TPSA) is 127 Å². The number of nitrogens with zero attached hydrogens (tertiary/aromatic N) is 5. The van der Waals surface area contributed by atoms with E-state index in [0.717, 1.165) is 35.5 Å². The zero-order chi connectivity index (χ0) is 25.4. The van der Waals surface area contributed by atoms with E-state index in [4.69, 9.17) is 11.5 Å². The minimum atomic E-state index is -1.04. The summed E-state index contributed by atoms with van der Waals surface area (Å²) in [6.45, 7) is 1.01. The van der Waals surface area contributed by atoms with E-state index in [-0.39, 0.29) is 5.91 Å². The molecular formula is C25H26F2N8O. The number of likely N-dealkylation sites (N-methyl/N-ethyl adjacent to an activating group) is 1. The number of hydrogen-bond donors (Lipinski definition) is 3. The van der Waals surface area contributed by atoms with Gasteiger partial charge in [0.1, 0.15) is 5.54 Å². The van der Waals surface area contributed by atoms with Crippen LogP contribution in [0.3, 0.4) is 0 Å². The number of nitrogen functional groups attached to an aromatic ring is 1. The predicted octanol–water partition coefficient (Wildman–Crippen LogP) is 2.29. The SMILES string of the molecule is CNC(=O)C1(N)CCCN(c2cnc(-c3ccc(F)c(F)c3)cc2Cc2cnc3c(N)nccn23)C1. The minimum Gasteiger partial charge on any atom is -0.381 e. The van der Waals surface area contributed by atoms with Crippen LogP contribution in [-0.2, 0) is 11.2 Å². The summed E-state index contributed by atoms with van der Waals surface area (Å²) >= 11 is 0. The lowest BCUT2D eigenvalue weighted by atomic mass is 9.88. The third kappa shape index (κ3) is 4.22. The standard InChI is InChI=1S/C25H26F2N8O/c1-30-24(36)25(29)5-2-7-34(14-25)21-13-32-20(15-3-4-18(26)19(27)10-15)11-16(21)9-17-12-33-23-22(28)31-6-8-35(17)23/h3-4,6,8,10-13H,2,5,7,9,14,29H2,1H3,(H2,28,31)(H,30,36). The smallest absolute Gasteiger partial charge is 0.241 e. The van der Waals surface area contributed by atoms with E-state index in [1.165, 1.54) is 6.07 Å². The lowest BCUT2D eigenvalue weighted by Crippen LogP contribution is -2.62. The Bertz CT molecular complexity index is 1460. The van der Waals surface area contributed by atoms with Gasteiger partial charge in [0.2, 0.25) is 5.91 Å². The van der Waals surface area contributed by atoms with Gasteiger partial charge in [-0.2, -0.15) is 0 Å². The molecule has 1 aliphatic heterocycles. The summed E-state index contributed by atoms with van der Waals surface area (Å²) in [5, 5.41) is 2.66. The van der Waals surface area contributed by atoms with Crippen molar-refractivity contribution in [1.29, 1.82) is 0 Å². The molecule has 4 heterocycles. The number of fused-ring (bicyclic) bond motifs is 1. The number of piperidine rings is 1. The second-order valence-electron chi connectivity index (χ2n) is 9.02. The van der Waals surface area contributed by atoms with E-state index in [0.29, 0.717) is 48.7 Å². The van der Waals surface area contributed by atoms with Gasteiger partial charge in [-0.15, -0.1) is 0 Å². The zero-order valence-electron chi connectivity index (χ0n) is 19.7. The first-order valence-corrected chi connectivity index (χ1v) is 11.6. The molecule has 4 aromatic rings. The Morgan fingerprint density at radius 2 is 2.00 bits per heavy atom. The van der Waals surface area contributed by atoms with Crippen LogP contribution in [-0.4, -0.2) is 50.9 Å². The molecule has 3 aromatic heterocycles. The van der Waals surface area contributed by atoms with Crippen LogP contribution < -0.4 is 21.7 Å². The van der Waals surface area contributed by atoms with Gasteiger partial charge < -0.3 is 21.7 Å². The lowest BCUT2D eigenvalue weighted by Gasteiger charge is -2.40. The first-order valence-electron chi connectivity index (χ1n) is 11.6. The molecule has 1 saturated heterocycles. The van der Waals surface area contributed by atoms with Gasteiger partial charge in [0, 0.05) is 56.4 Å². The first kappa shape index (κ1) is 23.6. The highest BCUT2D eigenvalue weighted by Gasteiger charge is 2.38. The number of benzene rings is 1. The molecule has 1 amide bonds. The van der Waals surface area contributed by atoms with Gasteiger partial charge in [-0.1, -0.05) is 0 Å². The van der Waals surface area contributed by atoms with E-state index in [9.17, 15) is 13.6 Å². The van der Waals surface area contributed by atoms with Gasteiger partial charge >= 0.3 is 0 Å². The van der Waals surface area contributed by atoms with E-state index in [2.05, 4.69) is 25.2 Å². The summed E-state index contributed by atoms with van der Waals surface area (Å²) in [4.78, 5) is 27.6. The maximum absolute atomic E-state index is 14.0. The van der Waals surface area contributed by atoms with Crippen molar-refractivity contribution in [2.24, 2.45) is 5.73 Å². The van der Waals surface area contributed by atoms with Crippen molar-refractivity contribution in [3.63, 3.8) is 0 Å². The van der Waals surface area contributed by atoms with Crippen molar-refractivity contribution < 1.29 is 13.6 Å². The molecule has 0 radical (unpaired) electrons. The molecule has 0 saturated carbocycles. The normalized spacial score (nSPS) is 17.9. The fourth-order valence-electron chi connectivity index (χ4n) is 4.77. The molecule has 0 spiro atoms. The van der Waals surface area contributed by atoms with E-state index in [1.54, 1.807) is 31.8 Å². The predicted molar refractivity (Wildman–Crippen MR) is 132 cm³/mol. The number of imidazole rings is 1. The lowest BCUT2D eigenvalue weighted by molar-refractivity contribution is -0.126. The van der Waals surface area contributed by atoms with Gasteiger partial charge in [-0.25, -0.2) is 18.7 Å². The number of nitrogens with two attached hydrogens (primary N) is 2. The molecule has 11 heteroatoms. The molecule has 1 aliphatic rings. The molecule has 5 N–H and O–H groups in total. The third-order valence-electron chi connectivity index (χ3n) is 6.63. The molecule has 9 nitrogen and oxygen atoms in total. The van der Waals surface area contributed by atoms with Crippen molar-refractivity contribution in [1.82, 2.24) is 24.7 Å². The highest BCUT2D eigenvalue weighted by molar-refractivity contribution is 5.87. The van der Waals surface area contributed by atoms with Crippen LogP contribution in [0, 0.1) is 11.6 Å². The second kappa shape index (κ2) is 9.15. The number of pyridine rings is 1. The second-order valence-corrected chi connectivity index (χ2v) is 9.02. The summed E-state index contributed by atoms with van der Waals surface area (Å²) in [5.74, 6) is -1.77. The molecule has 1 unspecified atom stereocenters. The van der Waals surface area contributed by atoms with Crippen LogP contribution in [0.25, 0.3) is 16.9 Å². The van der Waals surface area contributed by atoms with Crippen molar-refractivity contribution in [3.8, 4) is 11.3 Å². The fourth-order valence-corrected chi connectivity index (χ4v) is 4.77. The van der Waals surface area contributed by atoms with Gasteiger partial charge in [-0.05, 0) is 42.7 Å². The Hall–Kier alpha value is -4.12. The number of rotatable bonds is 5. The highest BCUT2D eigenvalue weighted by atomic mass is 19.2. The molecule has 36 heavy (non-hydrogen) atoms. The Kier molecular flexibility index (Phi) is 6.00. The fraction of sp³-hybridized carbons (Fsp3) is 0.280. The van der Waals surface area contributed by atoms with Crippen molar-refractivity contribution in [2.45, 2.75) is 24.8 Å². The number of aromatic nitrogens is 4. The van der Waals surface area contributed by atoms with Crippen LogP contribution in [0.4, 0.5) is 20.3 Å². The molecule has 0 bridgehead atoms. The van der Waals surface area contributed by atoms with E-state index >= 15 is 0 Å². The summed E-state index contributed by atoms with van der Waals surface area (Å²) in [5.41, 5.74) is 15.4. The van der Waals surface area contributed by atoms with E-state index < -0.39 is 17.2 Å². The van der Waals surface area contributed by atoms with E-state index in [1.807, 2.05) is 10.5 Å². The number of hydrogen-bond acceptors (Lipinski definition) is 7. The van der Waals surface area contributed by atoms with Crippen LogP contribution in [0.15, 0.2) is 49.1 Å². The Labute approximate surface area is 206 Å². The monoisotopic (exact) mass is 492 g/mol.